The summed E-state index contributed by atoms with van der Waals surface area (Å²) in [4.78, 5) is 32.7. The second-order valence-corrected chi connectivity index (χ2v) is 8.16. The van der Waals surface area contributed by atoms with Crippen LogP contribution < -0.4 is 29.0 Å². The molecule has 0 unspecified atom stereocenters. The Labute approximate surface area is 219 Å². The van der Waals surface area contributed by atoms with Gasteiger partial charge in [0.05, 0.1) is 60.2 Å². The van der Waals surface area contributed by atoms with Crippen LogP contribution in [0, 0.1) is 0 Å². The minimum absolute atomic E-state index is 0.257. The van der Waals surface area contributed by atoms with Gasteiger partial charge in [-0.25, -0.2) is 4.79 Å². The molecule has 0 saturated carbocycles. The van der Waals surface area contributed by atoms with Crippen LogP contribution in [0.25, 0.3) is 17.0 Å². The molecule has 3 aromatic rings. The predicted octanol–water partition coefficient (Wildman–Crippen LogP) is 1.09. The highest BCUT2D eigenvalue weighted by Crippen LogP contribution is 2.46. The monoisotopic (exact) mass is 529 g/mol. The van der Waals surface area contributed by atoms with Crippen molar-refractivity contribution in [2.75, 3.05) is 48.6 Å². The number of aliphatic carboxylic acids is 2. The molecule has 204 valence electrons. The summed E-state index contributed by atoms with van der Waals surface area (Å²) in [5.74, 6) is -2.42. The molecule has 0 radical (unpaired) electrons. The van der Waals surface area contributed by atoms with E-state index in [2.05, 4.69) is 14.1 Å². The zero-order valence-corrected chi connectivity index (χ0v) is 21.9. The Kier molecular flexibility index (Phi) is 11.2. The Morgan fingerprint density at radius 2 is 1.61 bits per heavy atom. The van der Waals surface area contributed by atoms with Crippen LogP contribution in [0.1, 0.15) is 22.3 Å². The van der Waals surface area contributed by atoms with Crippen molar-refractivity contribution in [3.05, 3.63) is 53.8 Å². The van der Waals surface area contributed by atoms with E-state index in [1.165, 1.54) is 31.5 Å². The number of methoxy groups -OCH3 is 3. The number of fused-ring (bicyclic) bond motifs is 1. The number of quaternary nitrogens is 1. The number of ether oxygens (including phenoxy) is 4. The van der Waals surface area contributed by atoms with Crippen molar-refractivity contribution in [3.8, 4) is 23.0 Å². The van der Waals surface area contributed by atoms with Crippen molar-refractivity contribution in [2.24, 2.45) is 0 Å². The third kappa shape index (κ3) is 7.74. The molecule has 38 heavy (non-hydrogen) atoms. The molecule has 0 atom stereocenters. The van der Waals surface area contributed by atoms with Gasteiger partial charge in [-0.15, -0.1) is 0 Å². The molecule has 1 aromatic heterocycles. The summed E-state index contributed by atoms with van der Waals surface area (Å²) in [6, 6.07) is 9.18. The molecule has 0 bridgehead atoms. The van der Waals surface area contributed by atoms with Crippen LogP contribution in [0.4, 0.5) is 0 Å². The number of hydrogen-bond donors (Lipinski definition) is 2. The predicted molar refractivity (Wildman–Crippen MR) is 136 cm³/mol. The number of carbonyl (C=O) groups is 3. The van der Waals surface area contributed by atoms with Crippen LogP contribution in [-0.2, 0) is 9.59 Å². The number of rotatable bonds is 11. The smallest absolute Gasteiger partial charge is 0.351 e. The molecule has 3 rings (SSSR count). The number of carboxylic acids is 2. The van der Waals surface area contributed by atoms with Crippen molar-refractivity contribution in [1.29, 1.82) is 0 Å². The van der Waals surface area contributed by atoms with E-state index in [9.17, 15) is 4.79 Å². The first-order valence-corrected chi connectivity index (χ1v) is 11.5. The molecule has 11 heteroatoms. The minimum Gasteiger partial charge on any atom is -0.539 e. The van der Waals surface area contributed by atoms with E-state index < -0.39 is 11.9 Å². The molecule has 0 amide bonds. The lowest BCUT2D eigenvalue weighted by molar-refractivity contribution is -0.858. The average Bonchev–Trinajstić information content (AvgIpc) is 3.38. The first-order chi connectivity index (χ1) is 18.1. The Morgan fingerprint density at radius 1 is 0.974 bits per heavy atom. The number of benzene rings is 2. The first kappa shape index (κ1) is 29.7. The van der Waals surface area contributed by atoms with Crippen molar-refractivity contribution in [3.63, 3.8) is 0 Å². The maximum absolute atomic E-state index is 13.4. The Bertz CT molecular complexity index is 1260. The summed E-state index contributed by atoms with van der Waals surface area (Å²) in [5.41, 5.74) is 1.65. The van der Waals surface area contributed by atoms with Gasteiger partial charge < -0.3 is 43.3 Å². The number of nitrogens with one attached hydrogen (secondary N) is 1. The van der Waals surface area contributed by atoms with E-state index in [0.717, 1.165) is 24.3 Å². The van der Waals surface area contributed by atoms with Crippen molar-refractivity contribution in [1.82, 2.24) is 0 Å². The Hall–Kier alpha value is -4.51. The van der Waals surface area contributed by atoms with Crippen LogP contribution in [0.5, 0.6) is 23.0 Å². The fraction of sp³-hybridized carbons (Fsp3) is 0.296. The van der Waals surface area contributed by atoms with E-state index in [4.69, 9.17) is 43.2 Å². The molecule has 2 aromatic carbocycles. The second kappa shape index (κ2) is 14.3. The van der Waals surface area contributed by atoms with Crippen LogP contribution in [0.15, 0.2) is 47.1 Å². The lowest BCUT2D eigenvalue weighted by Crippen LogP contribution is -3.05. The molecule has 0 aliphatic heterocycles. The normalized spacial score (nSPS) is 10.7. The van der Waals surface area contributed by atoms with E-state index in [1.807, 2.05) is 24.3 Å². The highest BCUT2D eigenvalue weighted by Gasteiger charge is 2.28. The summed E-state index contributed by atoms with van der Waals surface area (Å²) in [6.45, 7) is 1.36. The molecule has 0 fully saturated rings. The number of allylic oxidation sites excluding steroid dienone is 1. The summed E-state index contributed by atoms with van der Waals surface area (Å²) in [5, 5.41) is 17.0. The lowest BCUT2D eigenvalue weighted by atomic mass is 10.0. The standard InChI is InChI=1S/C25H29NO6.C2H2O4/c1-26(2)14-6-15-31-24-21(20(27)12-9-17-7-10-18(28-3)11-8-17)22(29-4)19-13-16-32-23(19)25(24)30-5;3-1(4)2(5)6/h7-13,16H,6,14-15H2,1-5H3;(H,3,4)(H,5,6)/b12-9+;. The zero-order chi connectivity index (χ0) is 28.2. The van der Waals surface area contributed by atoms with Gasteiger partial charge in [0.2, 0.25) is 5.75 Å². The summed E-state index contributed by atoms with van der Waals surface area (Å²) < 4.78 is 28.1. The third-order valence-electron chi connectivity index (χ3n) is 5.22. The van der Waals surface area contributed by atoms with Crippen LogP contribution >= 0.6 is 0 Å². The fourth-order valence-electron chi connectivity index (χ4n) is 3.45. The van der Waals surface area contributed by atoms with Crippen LogP contribution in [0.3, 0.4) is 0 Å². The van der Waals surface area contributed by atoms with Gasteiger partial charge in [0.15, 0.2) is 23.1 Å². The molecular weight excluding hydrogens is 498 g/mol. The summed E-state index contributed by atoms with van der Waals surface area (Å²) >= 11 is 0. The van der Waals surface area contributed by atoms with Crippen molar-refractivity contribution < 1.29 is 52.9 Å². The maximum atomic E-state index is 13.4. The van der Waals surface area contributed by atoms with Crippen molar-refractivity contribution in [2.45, 2.75) is 6.42 Å². The van der Waals surface area contributed by atoms with Gasteiger partial charge in [0, 0.05) is 6.42 Å². The van der Waals surface area contributed by atoms with Crippen LogP contribution in [0.2, 0.25) is 0 Å². The van der Waals surface area contributed by atoms with E-state index in [0.29, 0.717) is 40.4 Å². The summed E-state index contributed by atoms with van der Waals surface area (Å²) in [6.07, 6.45) is 5.60. The molecule has 0 aliphatic carbocycles. The van der Waals surface area contributed by atoms with E-state index in [1.54, 1.807) is 19.3 Å². The minimum atomic E-state index is -2.07. The van der Waals surface area contributed by atoms with E-state index in [-0.39, 0.29) is 5.78 Å². The zero-order valence-electron chi connectivity index (χ0n) is 21.9. The number of ketones is 1. The topological polar surface area (TPSA) is 149 Å². The first-order valence-electron chi connectivity index (χ1n) is 11.5. The number of furan rings is 1. The SMILES string of the molecule is COc1ccc(/C=C/C(=O)c2c(OCCC[NH+](C)C)c(OC)c3occc3c2OC)cc1.O=C([O-])C(=O)O. The van der Waals surface area contributed by atoms with Gasteiger partial charge in [-0.2, -0.15) is 0 Å². The van der Waals surface area contributed by atoms with Gasteiger partial charge in [0.25, 0.3) is 0 Å². The quantitative estimate of drug-likeness (QED) is 0.160. The van der Waals surface area contributed by atoms with Gasteiger partial charge in [-0.3, -0.25) is 4.79 Å². The highest BCUT2D eigenvalue weighted by atomic mass is 16.5. The van der Waals surface area contributed by atoms with Gasteiger partial charge in [-0.05, 0) is 29.8 Å². The summed E-state index contributed by atoms with van der Waals surface area (Å²) in [7, 11) is 8.83. The largest absolute Gasteiger partial charge is 0.539 e. The molecule has 1 heterocycles. The molecule has 2 N–H and O–H groups in total. The Balaban J connectivity index is 0.000000757. The Morgan fingerprint density at radius 3 is 2.13 bits per heavy atom. The fourth-order valence-corrected chi connectivity index (χ4v) is 3.45. The number of carbonyl (C=O) groups excluding carboxylic acids is 2. The van der Waals surface area contributed by atoms with E-state index >= 15 is 0 Å². The van der Waals surface area contributed by atoms with Crippen molar-refractivity contribution >= 4 is 34.8 Å². The molecule has 0 saturated heterocycles. The number of carboxylic acid groups (broad SMARTS) is 2. The maximum Gasteiger partial charge on any atom is 0.351 e. The third-order valence-corrected chi connectivity index (χ3v) is 5.22. The lowest BCUT2D eigenvalue weighted by Gasteiger charge is -2.18. The molecular formula is C27H31NO10. The van der Waals surface area contributed by atoms with Crippen LogP contribution in [-0.4, -0.2) is 71.4 Å². The molecule has 0 spiro atoms. The number of hydrogen-bond acceptors (Lipinski definition) is 9. The molecule has 0 aliphatic rings. The highest BCUT2D eigenvalue weighted by molar-refractivity contribution is 6.26. The van der Waals surface area contributed by atoms with Gasteiger partial charge in [0.1, 0.15) is 17.1 Å². The molecule has 11 nitrogen and oxygen atoms in total. The van der Waals surface area contributed by atoms with Gasteiger partial charge >= 0.3 is 5.97 Å². The second-order valence-electron chi connectivity index (χ2n) is 8.16. The van der Waals surface area contributed by atoms with Gasteiger partial charge in [-0.1, -0.05) is 18.2 Å². The average molecular weight is 530 g/mol.